The fourth-order valence-corrected chi connectivity index (χ4v) is 8.50. The molecular formula is C42H48N4O9. The summed E-state index contributed by atoms with van der Waals surface area (Å²) in [4.78, 5) is 27.5. The summed E-state index contributed by atoms with van der Waals surface area (Å²) in [7, 11) is 0. The molecule has 2 aromatic carbocycles. The lowest BCUT2D eigenvalue weighted by atomic mass is 9.68. The molecule has 1 unspecified atom stereocenters. The zero-order chi connectivity index (χ0) is 39.2. The number of carbonyl (C=O) groups is 1. The quantitative estimate of drug-likeness (QED) is 0.121. The van der Waals surface area contributed by atoms with Crippen molar-refractivity contribution < 1.29 is 39.1 Å². The van der Waals surface area contributed by atoms with Crippen LogP contribution in [-0.2, 0) is 22.6 Å². The van der Waals surface area contributed by atoms with E-state index in [-0.39, 0.29) is 52.3 Å². The Bertz CT molecular complexity index is 2250. The number of benzene rings is 2. The number of nitrogens with one attached hydrogen (secondary N) is 2. The number of dihydropyridines is 2. The second-order valence-electron chi connectivity index (χ2n) is 14.9. The number of phenolic OH excluding ortho intramolecular Hbond substituents is 2. The minimum atomic E-state index is -1.25. The maximum Gasteiger partial charge on any atom is 0.333 e. The Balaban J connectivity index is 1.58. The molecule has 10 N–H and O–H groups in total. The number of nitrogens with two attached hydrogens (primary N) is 2. The topological polar surface area (TPSA) is 223 Å². The Hall–Kier alpha value is -5.50. The van der Waals surface area contributed by atoms with E-state index in [4.69, 9.17) is 25.4 Å². The van der Waals surface area contributed by atoms with Crippen molar-refractivity contribution in [2.75, 3.05) is 13.2 Å². The number of aliphatic hydroxyl groups is 2. The fourth-order valence-electron chi connectivity index (χ4n) is 8.50. The van der Waals surface area contributed by atoms with Gasteiger partial charge in [-0.3, -0.25) is 4.79 Å². The second kappa shape index (κ2) is 15.0. The Morgan fingerprint density at radius 2 is 2.02 bits per heavy atom. The highest BCUT2D eigenvalue weighted by Gasteiger charge is 2.53. The lowest BCUT2D eigenvalue weighted by molar-refractivity contribution is -0.165. The fraction of sp³-hybridized carbons (Fsp3) is 0.381. The monoisotopic (exact) mass is 752 g/mol. The van der Waals surface area contributed by atoms with Crippen LogP contribution in [0.4, 0.5) is 0 Å². The van der Waals surface area contributed by atoms with Gasteiger partial charge in [-0.05, 0) is 80.5 Å². The van der Waals surface area contributed by atoms with Crippen LogP contribution in [0, 0.1) is 5.92 Å². The van der Waals surface area contributed by atoms with Crippen LogP contribution in [0.25, 0.3) is 11.0 Å². The largest absolute Gasteiger partial charge is 0.508 e. The molecule has 3 aromatic rings. The first kappa shape index (κ1) is 37.8. The molecule has 0 radical (unpaired) electrons. The Labute approximate surface area is 318 Å². The van der Waals surface area contributed by atoms with E-state index >= 15 is 0 Å². The van der Waals surface area contributed by atoms with E-state index in [9.17, 15) is 30.0 Å². The van der Waals surface area contributed by atoms with Crippen molar-refractivity contribution in [1.82, 2.24) is 10.6 Å². The molecule has 4 aliphatic heterocycles. The normalized spacial score (nSPS) is 25.5. The van der Waals surface area contributed by atoms with Gasteiger partial charge in [0.25, 0.3) is 0 Å². The number of aliphatic hydroxyl groups excluding tert-OH is 2. The molecule has 0 saturated heterocycles. The van der Waals surface area contributed by atoms with Crippen LogP contribution in [0.1, 0.15) is 74.3 Å². The smallest absolute Gasteiger partial charge is 0.333 e. The van der Waals surface area contributed by atoms with Crippen molar-refractivity contribution >= 4 is 16.9 Å². The Morgan fingerprint density at radius 3 is 2.71 bits per heavy atom. The summed E-state index contributed by atoms with van der Waals surface area (Å²) in [6.07, 6.45) is 9.44. The van der Waals surface area contributed by atoms with Crippen LogP contribution >= 0.6 is 0 Å². The van der Waals surface area contributed by atoms with Gasteiger partial charge in [0.1, 0.15) is 52.3 Å². The molecule has 6 atom stereocenters. The number of aromatic hydroxyl groups is 2. The Kier molecular flexibility index (Phi) is 10.3. The third-order valence-corrected chi connectivity index (χ3v) is 11.6. The van der Waals surface area contributed by atoms with Crippen LogP contribution in [0.2, 0.25) is 0 Å². The predicted molar refractivity (Wildman–Crippen MR) is 206 cm³/mol. The maximum absolute atomic E-state index is 13.9. The van der Waals surface area contributed by atoms with Gasteiger partial charge in [0, 0.05) is 59.7 Å². The van der Waals surface area contributed by atoms with Crippen LogP contribution in [0.15, 0.2) is 98.2 Å². The number of hydrogen-bond donors (Lipinski definition) is 8. The standard InChI is InChI=1S/C42H48N4O9/c1-4-21(2)41(52)54-32-17-29-37(51)35-31(50)16-26(19-47)53-39(35)36-34(30(20-48)23-6-5-7-25(49)15-23)27-12-13-45-40(44)28(27)10-9-24(42(32,3)55-38(29)36)14-22-8-11-33(43)46-18-22/h4-8,11-12,15-16,18,24,30,32-34,45-49,51H,9-10,13-14,17,19-20,43-44H2,1-3H3/b21-4-/t24-,30+,32+,33?,34+,42-/m0/s1. The summed E-state index contributed by atoms with van der Waals surface area (Å²) in [5, 5.41) is 50.6. The van der Waals surface area contributed by atoms with Gasteiger partial charge in [0.2, 0.25) is 0 Å². The minimum absolute atomic E-state index is 0.00802. The molecule has 0 saturated carbocycles. The van der Waals surface area contributed by atoms with Crippen LogP contribution in [0.5, 0.6) is 17.2 Å². The van der Waals surface area contributed by atoms with Crippen LogP contribution in [0.3, 0.4) is 0 Å². The maximum atomic E-state index is 13.9. The van der Waals surface area contributed by atoms with Gasteiger partial charge in [-0.25, -0.2) is 4.79 Å². The van der Waals surface area contributed by atoms with Gasteiger partial charge in [0.05, 0.1) is 18.6 Å². The number of phenols is 2. The highest BCUT2D eigenvalue weighted by Crippen LogP contribution is 2.57. The number of fused-ring (bicyclic) bond motifs is 4. The van der Waals surface area contributed by atoms with E-state index in [1.165, 1.54) is 6.07 Å². The predicted octanol–water partition coefficient (Wildman–Crippen LogP) is 3.96. The van der Waals surface area contributed by atoms with Crippen molar-refractivity contribution in [1.29, 1.82) is 0 Å². The molecule has 0 aliphatic carbocycles. The molecule has 0 fully saturated rings. The molecular weight excluding hydrogens is 704 g/mol. The van der Waals surface area contributed by atoms with Gasteiger partial charge < -0.3 is 56.4 Å². The summed E-state index contributed by atoms with van der Waals surface area (Å²) >= 11 is 0. The van der Waals surface area contributed by atoms with Gasteiger partial charge in [-0.15, -0.1) is 0 Å². The summed E-state index contributed by atoms with van der Waals surface area (Å²) in [6.45, 7) is 4.64. The molecule has 290 valence electrons. The zero-order valence-corrected chi connectivity index (χ0v) is 31.1. The molecule has 13 nitrogen and oxygen atoms in total. The van der Waals surface area contributed by atoms with Crippen molar-refractivity contribution in [2.24, 2.45) is 17.4 Å². The summed E-state index contributed by atoms with van der Waals surface area (Å²) in [5.41, 5.74) is 15.0. The second-order valence-corrected chi connectivity index (χ2v) is 14.9. The van der Waals surface area contributed by atoms with E-state index in [0.29, 0.717) is 48.3 Å². The molecule has 7 rings (SSSR count). The van der Waals surface area contributed by atoms with E-state index in [1.54, 1.807) is 38.1 Å². The molecule has 2 bridgehead atoms. The van der Waals surface area contributed by atoms with Crippen LogP contribution < -0.4 is 32.3 Å². The van der Waals surface area contributed by atoms with E-state index in [0.717, 1.165) is 22.8 Å². The molecule has 55 heavy (non-hydrogen) atoms. The summed E-state index contributed by atoms with van der Waals surface area (Å²) in [5.74, 6) is -2.26. The SMILES string of the molecule is C/C=C(/C)C(=O)O[C@@H]1Cc2c3c(c4oc(CO)cc(=O)c4c2O)[C@@H]([C@H](CO)c2cccc(O)c2)C2=CCNC(N)=C2CC[C@@H](CC2=CNC(N)C=C2)[C@]1(C)O3. The molecule has 1 aromatic heterocycles. The lowest BCUT2D eigenvalue weighted by Crippen LogP contribution is -2.56. The number of hydrogen-bond acceptors (Lipinski definition) is 13. The molecule has 13 heteroatoms. The van der Waals surface area contributed by atoms with Crippen molar-refractivity contribution in [2.45, 2.75) is 82.8 Å². The van der Waals surface area contributed by atoms with Gasteiger partial charge in [-0.1, -0.05) is 30.4 Å². The first-order valence-corrected chi connectivity index (χ1v) is 18.6. The summed E-state index contributed by atoms with van der Waals surface area (Å²) in [6, 6.07) is 7.72. The minimum Gasteiger partial charge on any atom is -0.508 e. The van der Waals surface area contributed by atoms with Gasteiger partial charge >= 0.3 is 5.97 Å². The third-order valence-electron chi connectivity index (χ3n) is 11.6. The Morgan fingerprint density at radius 1 is 1.22 bits per heavy atom. The average Bonchev–Trinajstić information content (AvgIpc) is 3.16. The number of carbonyl (C=O) groups excluding carboxylic acids is 1. The molecule has 4 aliphatic rings. The third kappa shape index (κ3) is 6.77. The zero-order valence-electron chi connectivity index (χ0n) is 31.1. The van der Waals surface area contributed by atoms with Gasteiger partial charge in [-0.2, -0.15) is 0 Å². The molecule has 0 spiro atoms. The van der Waals surface area contributed by atoms with Crippen molar-refractivity contribution in [3.63, 3.8) is 0 Å². The number of allylic oxidation sites excluding steroid dienone is 5. The van der Waals surface area contributed by atoms with E-state index in [2.05, 4.69) is 10.6 Å². The first-order valence-electron chi connectivity index (χ1n) is 18.6. The molecule has 0 amide bonds. The number of rotatable bonds is 8. The van der Waals surface area contributed by atoms with Gasteiger partial charge in [0.15, 0.2) is 5.43 Å². The number of esters is 1. The first-order chi connectivity index (χ1) is 26.4. The molecule has 5 heterocycles. The van der Waals surface area contributed by atoms with E-state index < -0.39 is 53.9 Å². The lowest BCUT2D eigenvalue weighted by Gasteiger charge is -2.49. The van der Waals surface area contributed by atoms with Crippen molar-refractivity contribution in [3.05, 3.63) is 122 Å². The van der Waals surface area contributed by atoms with Crippen LogP contribution in [-0.4, -0.2) is 57.4 Å². The van der Waals surface area contributed by atoms with Crippen molar-refractivity contribution in [3.8, 4) is 17.2 Å². The summed E-state index contributed by atoms with van der Waals surface area (Å²) < 4.78 is 19.9. The highest BCUT2D eigenvalue weighted by atomic mass is 16.6. The highest BCUT2D eigenvalue weighted by molar-refractivity contribution is 5.92. The number of ether oxygens (including phenoxy) is 2. The average molecular weight is 753 g/mol. The van der Waals surface area contributed by atoms with E-state index in [1.807, 2.05) is 31.4 Å².